The number of amides is 1. The first-order valence-electron chi connectivity index (χ1n) is 40.0. The van der Waals surface area contributed by atoms with Crippen molar-refractivity contribution >= 4 is 92.8 Å². The second kappa shape index (κ2) is 34.4. The third kappa shape index (κ3) is 20.9. The average Bonchev–Trinajstić information content (AvgIpc) is 0.773. The number of thioether (sulfide) groups is 1. The summed E-state index contributed by atoms with van der Waals surface area (Å²) in [6.45, 7) is 44.1. The minimum atomic E-state index is -2.81. The Labute approximate surface area is 654 Å². The number of hydrogen-bond donors (Lipinski definition) is 0. The second-order valence-corrected chi connectivity index (χ2v) is 55.5. The SMILES string of the molecule is CC(C)(C)C(=O)N1CC2CCCC(C1)[S+]2c1ccc(C(C)(C)C)cc1.CC(C)(C)c1ccc([S+]2C3CCCC2COC3)cc1.CC(C)(C)c1ccc([S+]2C3CCCC2CS(=O)(=O)C3)cc1.CC(C)(C)c1ccc([S+]2C3CCCC2CS(=O)C3)cc1.CC(C)(C)c1ccc([S+]2C3CCCC2CSC3)cc1. The van der Waals surface area contributed by atoms with Gasteiger partial charge in [-0.1, -0.05) is 185 Å². The van der Waals surface area contributed by atoms with E-state index in [0.29, 0.717) is 92.5 Å². The van der Waals surface area contributed by atoms with E-state index in [9.17, 15) is 17.4 Å². The van der Waals surface area contributed by atoms with Gasteiger partial charge in [-0.15, -0.1) is 0 Å². The van der Waals surface area contributed by atoms with Gasteiger partial charge in [-0.25, -0.2) is 8.42 Å². The van der Waals surface area contributed by atoms with Crippen LogP contribution in [0.15, 0.2) is 146 Å². The molecule has 0 radical (unpaired) electrons. The standard InChI is InChI=1S/C22H34NOS.C17H25O2S2.C17H25OS2.C17H25OS.C17H25S2/c1-21(2,3)16-10-12-17(13-11-16)25-18-8-7-9-19(25)15-23(14-18)20(24)22(4,5)6;1-17(2,3)13-7-9-14(10-8-13)20-15-5-4-6-16(20)12-21(18,19)11-15;1-17(2,3)13-7-9-14(10-8-13)20-15-5-4-6-16(20)12-19(18)11-15;2*1-17(2,3)13-7-9-14(10-8-13)19-15-5-4-6-16(19)12-18-11-15/h10-13,18-19H,7-9,14-15H2,1-6H3;7-10,15-16H,4-6,11-12H2,1-3H3;7-10,15-16H,4-6,11-12H2,1-3H3;2*7-10,15-16H,4-6,11-12H2,1-3H3/q5*+1. The fourth-order valence-corrected chi connectivity index (χ4v) is 41.9. The predicted octanol–water partition coefficient (Wildman–Crippen LogP) is 20.3. The first kappa shape index (κ1) is 82.7. The molecule has 10 aliphatic heterocycles. The molecule has 5 aromatic rings. The van der Waals surface area contributed by atoms with Crippen LogP contribution >= 0.6 is 11.8 Å². The van der Waals surface area contributed by atoms with Gasteiger partial charge in [0.1, 0.15) is 52.5 Å². The lowest BCUT2D eigenvalue weighted by Crippen LogP contribution is -2.57. The zero-order valence-electron chi connectivity index (χ0n) is 67.3. The van der Waals surface area contributed by atoms with Crippen LogP contribution in [-0.2, 0) is 112 Å². The van der Waals surface area contributed by atoms with Gasteiger partial charge in [-0.05, 0) is 212 Å². The summed E-state index contributed by atoms with van der Waals surface area (Å²) in [5, 5.41) is 6.91. The number of nitrogens with zero attached hydrogens (tertiary/aromatic N) is 1. The monoisotopic (exact) mass is 1560 g/mol. The molecule has 10 saturated heterocycles. The van der Waals surface area contributed by atoms with E-state index in [2.05, 4.69) is 242 Å². The highest BCUT2D eigenvalue weighted by Gasteiger charge is 2.54. The molecule has 0 N–H and O–H groups in total. The Bertz CT molecular complexity index is 3560. The predicted molar refractivity (Wildman–Crippen MR) is 462 cm³/mol. The van der Waals surface area contributed by atoms with Crippen molar-refractivity contribution < 1.29 is 22.2 Å². The van der Waals surface area contributed by atoms with Gasteiger partial charge in [-0.2, -0.15) is 11.8 Å². The summed E-state index contributed by atoms with van der Waals surface area (Å²) in [6.07, 6.45) is 19.7. The van der Waals surface area contributed by atoms with Gasteiger partial charge in [0.25, 0.3) is 0 Å². The molecule has 1 amide bonds. The largest absolute Gasteiger partial charge is 0.371 e. The summed E-state index contributed by atoms with van der Waals surface area (Å²) in [6, 6.07) is 46.8. The number of rotatable bonds is 5. The maximum absolute atomic E-state index is 12.8. The highest BCUT2D eigenvalue weighted by atomic mass is 32.2. The second-order valence-electron chi connectivity index (χ2n) is 38.0. The van der Waals surface area contributed by atoms with Crippen LogP contribution in [0, 0.1) is 5.41 Å². The quantitative estimate of drug-likeness (QED) is 0.163. The van der Waals surface area contributed by atoms with Crippen molar-refractivity contribution in [3.8, 4) is 0 Å². The van der Waals surface area contributed by atoms with Crippen LogP contribution in [-0.4, -0.2) is 137 Å². The summed E-state index contributed by atoms with van der Waals surface area (Å²) in [7, 11) is -1.60. The minimum absolute atomic E-state index is 0.135. The summed E-state index contributed by atoms with van der Waals surface area (Å²) in [5.41, 5.74) is 7.96. The fraction of sp³-hybridized carbons (Fsp3) is 0.656. The van der Waals surface area contributed by atoms with Crippen molar-refractivity contribution in [1.82, 2.24) is 4.90 Å². The third-order valence-electron chi connectivity index (χ3n) is 23.4. The zero-order valence-corrected chi connectivity index (χ0v) is 73.8. The Morgan fingerprint density at radius 2 is 0.606 bits per heavy atom. The zero-order chi connectivity index (χ0) is 74.9. The number of ether oxygens (including phenoxy) is 1. The molecule has 10 bridgehead atoms. The molecule has 104 heavy (non-hydrogen) atoms. The number of fused-ring (bicyclic) bond motifs is 10. The molecular weight excluding hydrogens is 1430 g/mol. The lowest BCUT2D eigenvalue weighted by molar-refractivity contribution is -0.139. The topological polar surface area (TPSA) is 80.8 Å². The van der Waals surface area contributed by atoms with Crippen molar-refractivity contribution in [2.75, 3.05) is 60.8 Å². The molecule has 10 heterocycles. The summed E-state index contributed by atoms with van der Waals surface area (Å²) >= 11 is 2.20. The smallest absolute Gasteiger partial charge is 0.228 e. The molecule has 10 atom stereocenters. The van der Waals surface area contributed by atoms with E-state index in [1.165, 1.54) is 137 Å². The van der Waals surface area contributed by atoms with Crippen molar-refractivity contribution in [1.29, 1.82) is 0 Å². The molecule has 0 spiro atoms. The van der Waals surface area contributed by atoms with E-state index in [1.807, 2.05) is 20.8 Å². The van der Waals surface area contributed by atoms with Crippen molar-refractivity contribution in [2.24, 2.45) is 5.41 Å². The van der Waals surface area contributed by atoms with Gasteiger partial charge < -0.3 is 9.64 Å². The van der Waals surface area contributed by atoms with Crippen LogP contribution < -0.4 is 0 Å². The van der Waals surface area contributed by atoms with E-state index >= 15 is 0 Å². The molecule has 5 aromatic carbocycles. The van der Waals surface area contributed by atoms with Gasteiger partial charge in [0, 0.05) is 82.2 Å². The van der Waals surface area contributed by atoms with Gasteiger partial charge in [0.05, 0.1) is 49.3 Å². The number of benzene rings is 5. The van der Waals surface area contributed by atoms with E-state index in [0.717, 1.165) is 71.7 Å². The summed E-state index contributed by atoms with van der Waals surface area (Å²) in [5.74, 6) is 5.85. The average molecular weight is 1570 g/mol. The van der Waals surface area contributed by atoms with Crippen LogP contribution in [0.2, 0.25) is 0 Å². The maximum Gasteiger partial charge on any atom is 0.228 e. The van der Waals surface area contributed by atoms with E-state index in [-0.39, 0.29) is 43.4 Å². The minimum Gasteiger partial charge on any atom is -0.371 e. The molecule has 10 unspecified atom stereocenters. The first-order valence-corrected chi connectivity index (χ1v) is 51.2. The normalized spacial score (nSPS) is 30.9. The summed E-state index contributed by atoms with van der Waals surface area (Å²) < 4.78 is 41.8. The van der Waals surface area contributed by atoms with Crippen LogP contribution in [0.25, 0.3) is 0 Å². The Balaban J connectivity index is 0.000000131. The van der Waals surface area contributed by atoms with Gasteiger partial charge in [0.2, 0.25) is 5.91 Å². The molecular formula is C90H134NO5S8+5. The fourth-order valence-electron chi connectivity index (χ4n) is 17.6. The Hall–Kier alpha value is -2.27. The van der Waals surface area contributed by atoms with Gasteiger partial charge in [-0.3, -0.25) is 9.00 Å². The number of carbonyl (C=O) groups is 1. The molecule has 6 nitrogen and oxygen atoms in total. The highest BCUT2D eigenvalue weighted by Crippen LogP contribution is 2.46. The van der Waals surface area contributed by atoms with Gasteiger partial charge >= 0.3 is 0 Å². The van der Waals surface area contributed by atoms with E-state index in [1.54, 1.807) is 9.79 Å². The molecule has 572 valence electrons. The van der Waals surface area contributed by atoms with Crippen molar-refractivity contribution in [2.45, 2.75) is 325 Å². The molecule has 10 aliphatic rings. The number of hydrogen-bond acceptors (Lipinski definition) is 6. The lowest BCUT2D eigenvalue weighted by atomic mass is 9.87. The third-order valence-corrected chi connectivity index (χ3v) is 44.5. The number of sulfone groups is 1. The lowest BCUT2D eigenvalue weighted by Gasteiger charge is -2.42. The van der Waals surface area contributed by atoms with Crippen LogP contribution in [0.1, 0.15) is 249 Å². The Morgan fingerprint density at radius 1 is 0.365 bits per heavy atom. The van der Waals surface area contributed by atoms with Crippen LogP contribution in [0.5, 0.6) is 0 Å². The van der Waals surface area contributed by atoms with Gasteiger partial charge in [0.15, 0.2) is 34.3 Å². The molecule has 14 heteroatoms. The molecule has 0 aliphatic carbocycles. The number of carbonyl (C=O) groups excluding carboxylic acids is 1. The van der Waals surface area contributed by atoms with Crippen LogP contribution in [0.4, 0.5) is 0 Å². The van der Waals surface area contributed by atoms with Crippen LogP contribution in [0.3, 0.4) is 0 Å². The van der Waals surface area contributed by atoms with Crippen molar-refractivity contribution in [3.63, 3.8) is 0 Å². The van der Waals surface area contributed by atoms with E-state index < -0.39 is 20.6 Å². The molecule has 0 aromatic heterocycles. The molecule has 10 fully saturated rings. The maximum atomic E-state index is 12.8. The summed E-state index contributed by atoms with van der Waals surface area (Å²) in [4.78, 5) is 22.6. The number of likely N-dealkylation sites (tertiary alicyclic amines) is 1. The van der Waals surface area contributed by atoms with E-state index in [4.69, 9.17) is 4.74 Å². The van der Waals surface area contributed by atoms with Crippen molar-refractivity contribution in [3.05, 3.63) is 149 Å². The Kier molecular flexibility index (Phi) is 27.3. The molecule has 0 saturated carbocycles. The first-order chi connectivity index (χ1) is 48.9. The highest BCUT2D eigenvalue weighted by molar-refractivity contribution is 8.06. The Morgan fingerprint density at radius 3 is 0.904 bits per heavy atom. The molecule has 15 rings (SSSR count).